The number of phenolic OH excluding ortho intramolecular Hbond substituents is 2. The van der Waals surface area contributed by atoms with Gasteiger partial charge in [0, 0.05) is 13.8 Å². The molecule has 0 saturated heterocycles. The third-order valence-corrected chi connectivity index (χ3v) is 8.86. The van der Waals surface area contributed by atoms with Gasteiger partial charge in [-0.2, -0.15) is 0 Å². The number of benzene rings is 4. The molecule has 4 rings (SSSR count). The summed E-state index contributed by atoms with van der Waals surface area (Å²) in [5.74, 6) is -0.506. The van der Waals surface area contributed by atoms with E-state index in [0.717, 1.165) is 0 Å². The second kappa shape index (κ2) is 9.79. The minimum atomic E-state index is -3.76. The molecule has 0 spiro atoms. The Balaban J connectivity index is 1.45. The monoisotopic (exact) mass is 540 g/mol. The summed E-state index contributed by atoms with van der Waals surface area (Å²) in [6.07, 6.45) is 0. The standard InChI is InChI=1S/C27H24O8S2/c1-27(2,34-21-7-15-25(16-8-21)36(30,31)23-11-3-19(28)4-12-23)35-22-9-17-26(18-10-22)37(32,33)24-13-5-20(29)6-14-24/h3-18,28-29H,1-2H3. The smallest absolute Gasteiger partial charge is 0.245 e. The molecule has 37 heavy (non-hydrogen) atoms. The summed E-state index contributed by atoms with van der Waals surface area (Å²) in [5, 5.41) is 18.8. The average Bonchev–Trinajstić information content (AvgIpc) is 2.85. The van der Waals surface area contributed by atoms with Gasteiger partial charge in [0.1, 0.15) is 23.0 Å². The summed E-state index contributed by atoms with van der Waals surface area (Å²) in [4.78, 5) is 0.237. The van der Waals surface area contributed by atoms with Crippen LogP contribution in [0.1, 0.15) is 13.8 Å². The van der Waals surface area contributed by atoms with Gasteiger partial charge in [-0.05, 0) is 97.1 Å². The molecule has 4 aromatic carbocycles. The number of ether oxygens (including phenoxy) is 2. The van der Waals surface area contributed by atoms with E-state index in [4.69, 9.17) is 9.47 Å². The van der Waals surface area contributed by atoms with Crippen LogP contribution in [0.15, 0.2) is 117 Å². The molecule has 8 nitrogen and oxygen atoms in total. The van der Waals surface area contributed by atoms with Crippen LogP contribution in [0.25, 0.3) is 0 Å². The molecule has 0 bridgehead atoms. The highest BCUT2D eigenvalue weighted by Crippen LogP contribution is 2.29. The average molecular weight is 541 g/mol. The first kappa shape index (κ1) is 26.1. The molecule has 4 aromatic rings. The largest absolute Gasteiger partial charge is 0.508 e. The molecular weight excluding hydrogens is 516 g/mol. The van der Waals surface area contributed by atoms with E-state index < -0.39 is 25.5 Å². The van der Waals surface area contributed by atoms with Crippen molar-refractivity contribution in [3.63, 3.8) is 0 Å². The molecule has 0 aliphatic rings. The Bertz CT molecular complexity index is 1470. The SMILES string of the molecule is CC(C)(Oc1ccc(S(=O)(=O)c2ccc(O)cc2)cc1)Oc1ccc(S(=O)(=O)c2ccc(O)cc2)cc1. The van der Waals surface area contributed by atoms with Gasteiger partial charge >= 0.3 is 0 Å². The van der Waals surface area contributed by atoms with Crippen LogP contribution in [0, 0.1) is 0 Å². The molecular formula is C27H24O8S2. The van der Waals surface area contributed by atoms with Crippen LogP contribution in [-0.4, -0.2) is 32.8 Å². The number of phenols is 2. The zero-order valence-electron chi connectivity index (χ0n) is 19.9. The molecule has 0 fully saturated rings. The maximum Gasteiger partial charge on any atom is 0.245 e. The van der Waals surface area contributed by atoms with E-state index in [2.05, 4.69) is 0 Å². The Hall–Kier alpha value is -4.02. The maximum absolute atomic E-state index is 12.8. The zero-order valence-corrected chi connectivity index (χ0v) is 21.5. The summed E-state index contributed by atoms with van der Waals surface area (Å²) in [6.45, 7) is 3.32. The molecule has 10 heteroatoms. The van der Waals surface area contributed by atoms with E-state index in [0.29, 0.717) is 11.5 Å². The van der Waals surface area contributed by atoms with Crippen LogP contribution < -0.4 is 9.47 Å². The number of hydrogen-bond donors (Lipinski definition) is 2. The molecule has 0 aliphatic carbocycles. The van der Waals surface area contributed by atoms with Gasteiger partial charge < -0.3 is 19.7 Å². The van der Waals surface area contributed by atoms with Crippen LogP contribution in [0.4, 0.5) is 0 Å². The summed E-state index contributed by atoms with van der Waals surface area (Å²) >= 11 is 0. The normalized spacial score (nSPS) is 12.2. The van der Waals surface area contributed by atoms with E-state index in [-0.39, 0.29) is 31.1 Å². The maximum atomic E-state index is 12.8. The fourth-order valence-electron chi connectivity index (χ4n) is 3.48. The summed E-state index contributed by atoms with van der Waals surface area (Å²) in [5.41, 5.74) is 0. The van der Waals surface area contributed by atoms with Crippen molar-refractivity contribution in [2.24, 2.45) is 0 Å². The zero-order chi connectivity index (χ0) is 26.8. The van der Waals surface area contributed by atoms with Gasteiger partial charge in [-0.25, -0.2) is 16.8 Å². The third kappa shape index (κ3) is 5.87. The molecule has 0 heterocycles. The lowest BCUT2D eigenvalue weighted by molar-refractivity contribution is -0.0810. The third-order valence-electron chi connectivity index (χ3n) is 5.29. The van der Waals surface area contributed by atoms with Gasteiger partial charge in [-0.15, -0.1) is 0 Å². The van der Waals surface area contributed by atoms with Gasteiger partial charge in [0.15, 0.2) is 0 Å². The second-order valence-electron chi connectivity index (χ2n) is 8.54. The molecule has 0 atom stereocenters. The summed E-state index contributed by atoms with van der Waals surface area (Å²) < 4.78 is 62.9. The van der Waals surface area contributed by atoms with E-state index in [1.54, 1.807) is 13.8 Å². The van der Waals surface area contributed by atoms with Crippen molar-refractivity contribution in [3.05, 3.63) is 97.1 Å². The lowest BCUT2D eigenvalue weighted by Gasteiger charge is -2.27. The molecule has 0 radical (unpaired) electrons. The van der Waals surface area contributed by atoms with Gasteiger partial charge in [-0.1, -0.05) is 0 Å². The van der Waals surface area contributed by atoms with E-state index in [1.807, 2.05) is 0 Å². The molecule has 2 N–H and O–H groups in total. The van der Waals surface area contributed by atoms with Crippen molar-refractivity contribution in [1.29, 1.82) is 0 Å². The van der Waals surface area contributed by atoms with E-state index in [1.165, 1.54) is 97.1 Å². The second-order valence-corrected chi connectivity index (χ2v) is 12.4. The molecule has 0 aromatic heterocycles. The highest BCUT2D eigenvalue weighted by atomic mass is 32.2. The fourth-order valence-corrected chi connectivity index (χ4v) is 6.01. The summed E-state index contributed by atoms with van der Waals surface area (Å²) in [6, 6.07) is 22.2. The highest BCUT2D eigenvalue weighted by Gasteiger charge is 2.24. The summed E-state index contributed by atoms with van der Waals surface area (Å²) in [7, 11) is -7.53. The first-order chi connectivity index (χ1) is 17.4. The number of rotatable bonds is 8. The van der Waals surface area contributed by atoms with Crippen molar-refractivity contribution in [3.8, 4) is 23.0 Å². The lowest BCUT2D eigenvalue weighted by atomic mass is 10.3. The van der Waals surface area contributed by atoms with Crippen LogP contribution in [0.3, 0.4) is 0 Å². The van der Waals surface area contributed by atoms with E-state index >= 15 is 0 Å². The highest BCUT2D eigenvalue weighted by molar-refractivity contribution is 7.91. The quantitative estimate of drug-likeness (QED) is 0.300. The van der Waals surface area contributed by atoms with Crippen LogP contribution in [-0.2, 0) is 19.7 Å². The van der Waals surface area contributed by atoms with Crippen molar-refractivity contribution in [2.45, 2.75) is 39.2 Å². The van der Waals surface area contributed by atoms with E-state index in [9.17, 15) is 27.0 Å². The molecule has 0 unspecified atom stereocenters. The number of hydrogen-bond acceptors (Lipinski definition) is 8. The van der Waals surface area contributed by atoms with Crippen LogP contribution in [0.2, 0.25) is 0 Å². The van der Waals surface area contributed by atoms with Crippen molar-refractivity contribution >= 4 is 19.7 Å². The predicted molar refractivity (Wildman–Crippen MR) is 135 cm³/mol. The fraction of sp³-hybridized carbons (Fsp3) is 0.111. The Morgan fingerprint density at radius 3 is 1.00 bits per heavy atom. The Labute approximate surface area is 215 Å². The first-order valence-electron chi connectivity index (χ1n) is 11.0. The first-order valence-corrected chi connectivity index (χ1v) is 14.0. The topological polar surface area (TPSA) is 127 Å². The molecule has 0 amide bonds. The predicted octanol–water partition coefficient (Wildman–Crippen LogP) is 4.96. The van der Waals surface area contributed by atoms with Gasteiger partial charge in [0.25, 0.3) is 0 Å². The Morgan fingerprint density at radius 2 is 0.730 bits per heavy atom. The molecule has 0 saturated carbocycles. The van der Waals surface area contributed by atoms with Crippen LogP contribution >= 0.6 is 0 Å². The van der Waals surface area contributed by atoms with Crippen LogP contribution in [0.5, 0.6) is 23.0 Å². The number of sulfone groups is 2. The minimum absolute atomic E-state index is 0.0291. The van der Waals surface area contributed by atoms with Crippen molar-refractivity contribution in [1.82, 2.24) is 0 Å². The Morgan fingerprint density at radius 1 is 0.486 bits per heavy atom. The van der Waals surface area contributed by atoms with Crippen molar-refractivity contribution in [2.75, 3.05) is 0 Å². The molecule has 0 aliphatic heterocycles. The minimum Gasteiger partial charge on any atom is -0.508 e. The van der Waals surface area contributed by atoms with Gasteiger partial charge in [0.2, 0.25) is 25.5 Å². The molecule has 192 valence electrons. The van der Waals surface area contributed by atoms with Crippen molar-refractivity contribution < 1.29 is 36.5 Å². The van der Waals surface area contributed by atoms with Gasteiger partial charge in [0.05, 0.1) is 19.6 Å². The lowest BCUT2D eigenvalue weighted by Crippen LogP contribution is -2.35. The Kier molecular flexibility index (Phi) is 6.90. The number of aromatic hydroxyl groups is 2. The van der Waals surface area contributed by atoms with Gasteiger partial charge in [-0.3, -0.25) is 0 Å².